The number of amides is 4. The summed E-state index contributed by atoms with van der Waals surface area (Å²) in [7, 11) is 2.44. The SMILES string of the molecule is COc1ccc(Nc2nc(Nc3cc(-c4cnn(C)c4)c(N4CCC(CN5CCN(c6ccc7c(c6)C(=O)N(C6CCC(=O)NC6=O)C7=O)CC5)CC4)cc3OC)ncc2Br)c(P(C)(C)=O)c1. The molecule has 20 heteroatoms. The topological polar surface area (TPSA) is 196 Å². The molecule has 4 aliphatic rings. The van der Waals surface area contributed by atoms with Crippen molar-refractivity contribution in [1.82, 2.24) is 34.9 Å². The predicted octanol–water partition coefficient (Wildman–Crippen LogP) is 5.83. The van der Waals surface area contributed by atoms with Crippen molar-refractivity contribution in [3.63, 3.8) is 0 Å². The molecule has 3 saturated heterocycles. The normalized spacial score (nSPS) is 18.3. The van der Waals surface area contributed by atoms with Crippen LogP contribution in [-0.4, -0.2) is 133 Å². The third-order valence-corrected chi connectivity index (χ3v) is 15.1. The molecule has 6 heterocycles. The van der Waals surface area contributed by atoms with Gasteiger partial charge in [0, 0.05) is 106 Å². The van der Waals surface area contributed by atoms with E-state index in [1.54, 1.807) is 56.6 Å². The fraction of sp³-hybridized carbons (Fsp3) is 0.383. The number of imide groups is 2. The number of nitrogens with zero attached hydrogens (tertiary/aromatic N) is 8. The van der Waals surface area contributed by atoms with Gasteiger partial charge in [-0.25, -0.2) is 4.98 Å². The van der Waals surface area contributed by atoms with Gasteiger partial charge in [-0.3, -0.25) is 39.0 Å². The van der Waals surface area contributed by atoms with E-state index in [-0.39, 0.29) is 18.4 Å². The Kier molecular flexibility index (Phi) is 12.8. The number of aromatic nitrogens is 4. The molecule has 350 valence electrons. The fourth-order valence-electron chi connectivity index (χ4n) is 9.41. The average molecular weight is 995 g/mol. The maximum atomic E-state index is 13.5. The highest BCUT2D eigenvalue weighted by Gasteiger charge is 2.45. The highest BCUT2D eigenvalue weighted by Crippen LogP contribution is 2.43. The van der Waals surface area contributed by atoms with Crippen LogP contribution in [0.4, 0.5) is 34.5 Å². The lowest BCUT2D eigenvalue weighted by Gasteiger charge is -2.40. The van der Waals surface area contributed by atoms with Gasteiger partial charge in [-0.15, -0.1) is 0 Å². The van der Waals surface area contributed by atoms with Gasteiger partial charge >= 0.3 is 0 Å². The summed E-state index contributed by atoms with van der Waals surface area (Å²) in [6.07, 6.45) is 7.77. The van der Waals surface area contributed by atoms with Crippen molar-refractivity contribution in [2.24, 2.45) is 13.0 Å². The van der Waals surface area contributed by atoms with Gasteiger partial charge in [0.05, 0.1) is 47.4 Å². The predicted molar refractivity (Wildman–Crippen MR) is 260 cm³/mol. The summed E-state index contributed by atoms with van der Waals surface area (Å²) in [6.45, 7) is 9.45. The minimum atomic E-state index is -2.69. The van der Waals surface area contributed by atoms with Crippen LogP contribution in [0.25, 0.3) is 11.1 Å². The zero-order valence-electron chi connectivity index (χ0n) is 38.0. The number of hydrogen-bond acceptors (Lipinski definition) is 15. The van der Waals surface area contributed by atoms with Crippen molar-refractivity contribution in [3.05, 3.63) is 82.7 Å². The summed E-state index contributed by atoms with van der Waals surface area (Å²) in [5, 5.41) is 14.1. The van der Waals surface area contributed by atoms with Crippen molar-refractivity contribution in [2.75, 3.05) is 93.8 Å². The molecule has 67 heavy (non-hydrogen) atoms. The quantitative estimate of drug-likeness (QED) is 0.0941. The lowest BCUT2D eigenvalue weighted by atomic mass is 9.94. The van der Waals surface area contributed by atoms with Gasteiger partial charge in [-0.2, -0.15) is 10.1 Å². The van der Waals surface area contributed by atoms with Crippen LogP contribution in [-0.2, 0) is 21.2 Å². The van der Waals surface area contributed by atoms with Crippen LogP contribution in [0.15, 0.2) is 71.6 Å². The first-order valence-electron chi connectivity index (χ1n) is 22.3. The molecular weight excluding hydrogens is 941 g/mol. The second-order valence-corrected chi connectivity index (χ2v) is 21.8. The van der Waals surface area contributed by atoms with E-state index in [0.29, 0.717) is 55.9 Å². The molecule has 3 N–H and O–H groups in total. The number of nitrogens with one attached hydrogen (secondary N) is 3. The first kappa shape index (κ1) is 45.8. The Hall–Kier alpha value is -6.30. The highest BCUT2D eigenvalue weighted by molar-refractivity contribution is 9.10. The van der Waals surface area contributed by atoms with Crippen molar-refractivity contribution in [3.8, 4) is 22.6 Å². The molecule has 5 aromatic rings. The Morgan fingerprint density at radius 3 is 2.27 bits per heavy atom. The second-order valence-electron chi connectivity index (χ2n) is 17.7. The van der Waals surface area contributed by atoms with Gasteiger partial charge < -0.3 is 34.5 Å². The number of methoxy groups -OCH3 is 2. The molecule has 3 fully saturated rings. The smallest absolute Gasteiger partial charge is 0.262 e. The molecule has 0 bridgehead atoms. The number of fused-ring (bicyclic) bond motifs is 1. The Labute approximate surface area is 396 Å². The van der Waals surface area contributed by atoms with E-state index in [1.807, 2.05) is 37.6 Å². The molecule has 2 aromatic heterocycles. The van der Waals surface area contributed by atoms with Gasteiger partial charge in [0.1, 0.15) is 30.5 Å². The third kappa shape index (κ3) is 9.49. The Morgan fingerprint density at radius 2 is 1.58 bits per heavy atom. The van der Waals surface area contributed by atoms with Gasteiger partial charge in [0.2, 0.25) is 17.8 Å². The van der Waals surface area contributed by atoms with E-state index < -0.39 is 36.8 Å². The minimum absolute atomic E-state index is 0.0822. The fourth-order valence-corrected chi connectivity index (χ4v) is 10.8. The van der Waals surface area contributed by atoms with E-state index in [4.69, 9.17) is 14.5 Å². The number of benzene rings is 3. The molecule has 9 rings (SSSR count). The molecular formula is C47H53BrN11O7P. The summed E-state index contributed by atoms with van der Waals surface area (Å²) in [4.78, 5) is 68.5. The summed E-state index contributed by atoms with van der Waals surface area (Å²) >= 11 is 3.58. The molecule has 3 aromatic carbocycles. The Balaban J connectivity index is 0.849. The van der Waals surface area contributed by atoms with E-state index in [9.17, 15) is 23.7 Å². The maximum Gasteiger partial charge on any atom is 0.262 e. The van der Waals surface area contributed by atoms with Gasteiger partial charge in [0.25, 0.3) is 11.8 Å². The van der Waals surface area contributed by atoms with Crippen LogP contribution in [0.2, 0.25) is 0 Å². The number of anilines is 6. The van der Waals surface area contributed by atoms with E-state index in [1.165, 1.54) is 0 Å². The molecule has 0 spiro atoms. The van der Waals surface area contributed by atoms with Crippen molar-refractivity contribution < 1.29 is 33.2 Å². The summed E-state index contributed by atoms with van der Waals surface area (Å²) in [6, 6.07) is 13.9. The van der Waals surface area contributed by atoms with E-state index in [2.05, 4.69) is 68.8 Å². The highest BCUT2D eigenvalue weighted by atomic mass is 79.9. The first-order chi connectivity index (χ1) is 32.2. The number of hydrogen-bond donors (Lipinski definition) is 3. The molecule has 4 aliphatic heterocycles. The van der Waals surface area contributed by atoms with Crippen LogP contribution in [0.1, 0.15) is 46.4 Å². The summed E-state index contributed by atoms with van der Waals surface area (Å²) < 4.78 is 27.1. The number of piperazine rings is 1. The lowest BCUT2D eigenvalue weighted by Crippen LogP contribution is -2.54. The number of carbonyl (C=O) groups is 4. The second kappa shape index (κ2) is 18.8. The van der Waals surface area contributed by atoms with Gasteiger partial charge in [0.15, 0.2) is 0 Å². The number of halogens is 1. The van der Waals surface area contributed by atoms with Crippen LogP contribution in [0.3, 0.4) is 0 Å². The lowest BCUT2D eigenvalue weighted by molar-refractivity contribution is -0.136. The van der Waals surface area contributed by atoms with Gasteiger partial charge in [-0.1, -0.05) is 0 Å². The zero-order chi connectivity index (χ0) is 47.1. The molecule has 1 atom stereocenters. The number of piperidine rings is 2. The number of aryl methyl sites for hydroxylation is 1. The molecule has 0 saturated carbocycles. The Bertz CT molecular complexity index is 2820. The number of rotatable bonds is 13. The monoisotopic (exact) mass is 993 g/mol. The van der Waals surface area contributed by atoms with Crippen molar-refractivity contribution in [1.29, 1.82) is 0 Å². The third-order valence-electron chi connectivity index (χ3n) is 13.0. The van der Waals surface area contributed by atoms with Crippen LogP contribution < -0.4 is 40.5 Å². The molecule has 0 aliphatic carbocycles. The number of carbonyl (C=O) groups excluding carboxylic acids is 4. The van der Waals surface area contributed by atoms with E-state index >= 15 is 0 Å². The Morgan fingerprint density at radius 1 is 0.821 bits per heavy atom. The van der Waals surface area contributed by atoms with Crippen LogP contribution in [0, 0.1) is 5.92 Å². The average Bonchev–Trinajstić information content (AvgIpc) is 3.86. The largest absolute Gasteiger partial charge is 0.497 e. The molecule has 18 nitrogen and oxygen atoms in total. The molecule has 1 unspecified atom stereocenters. The van der Waals surface area contributed by atoms with Gasteiger partial charge in [-0.05, 0) is 96.9 Å². The number of ether oxygens (including phenoxy) is 2. The van der Waals surface area contributed by atoms with Crippen LogP contribution >= 0.6 is 23.1 Å². The standard InChI is InChI=1S/C47H53BrN11O7P/c1-55-27-29(24-50-55)33-22-37(52-47-49-25-35(48)43(54-47)51-36-9-7-31(65-2)21-41(36)67(4,5)64)40(66-3)23-39(33)58-14-12-28(13-15-58)26-56-16-18-57(19-17-56)30-6-8-32-34(20-30)46(63)59(45(32)62)38-10-11-42(60)53-44(38)61/h6-9,20-25,27-28,38H,10-19,26H2,1-5H3,(H,53,60,61)(H2,49,51,52,54). The van der Waals surface area contributed by atoms with E-state index in [0.717, 1.165) is 86.1 Å². The summed E-state index contributed by atoms with van der Waals surface area (Å²) in [5.41, 5.74) is 5.79. The molecule has 0 radical (unpaired) electrons. The summed E-state index contributed by atoms with van der Waals surface area (Å²) in [5.74, 6) is 0.577. The van der Waals surface area contributed by atoms with Crippen molar-refractivity contribution in [2.45, 2.75) is 31.7 Å². The molecule has 4 amide bonds. The minimum Gasteiger partial charge on any atom is -0.497 e. The maximum absolute atomic E-state index is 13.5. The zero-order valence-corrected chi connectivity index (χ0v) is 40.5. The van der Waals surface area contributed by atoms with Crippen molar-refractivity contribution >= 4 is 86.5 Å². The first-order valence-corrected chi connectivity index (χ1v) is 25.7. The van der Waals surface area contributed by atoms with Crippen LogP contribution in [0.5, 0.6) is 11.5 Å².